The van der Waals surface area contributed by atoms with Crippen LogP contribution in [0.2, 0.25) is 0 Å². The zero-order chi connectivity index (χ0) is 13.7. The summed E-state index contributed by atoms with van der Waals surface area (Å²) in [4.78, 5) is 26.4. The zero-order valence-electron chi connectivity index (χ0n) is 11.0. The van der Waals surface area contributed by atoms with Gasteiger partial charge in [0, 0.05) is 17.5 Å². The van der Waals surface area contributed by atoms with Gasteiger partial charge in [0.05, 0.1) is 11.3 Å². The van der Waals surface area contributed by atoms with Crippen LogP contribution in [0.3, 0.4) is 0 Å². The summed E-state index contributed by atoms with van der Waals surface area (Å²) in [6.45, 7) is 6.15. The number of carboxylic acid groups (broad SMARTS) is 1. The first-order chi connectivity index (χ1) is 8.45. The van der Waals surface area contributed by atoms with Crippen LogP contribution in [0.1, 0.15) is 41.2 Å². The van der Waals surface area contributed by atoms with Gasteiger partial charge in [0.2, 0.25) is 0 Å². The summed E-state index contributed by atoms with van der Waals surface area (Å²) < 4.78 is 0. The van der Waals surface area contributed by atoms with E-state index in [-0.39, 0.29) is 24.9 Å². The van der Waals surface area contributed by atoms with Gasteiger partial charge in [-0.3, -0.25) is 9.59 Å². The Morgan fingerprint density at radius 2 is 2.11 bits per heavy atom. The second-order valence-electron chi connectivity index (χ2n) is 4.31. The maximum absolute atomic E-state index is 12.3. The van der Waals surface area contributed by atoms with Gasteiger partial charge in [-0.1, -0.05) is 6.92 Å². The number of carbonyl (C=O) groups excluding carboxylic acids is 1. The fraction of sp³-hybridized carbons (Fsp3) is 0.538. The fourth-order valence-corrected chi connectivity index (χ4v) is 2.47. The minimum atomic E-state index is -0.876. The molecule has 1 atom stereocenters. The van der Waals surface area contributed by atoms with E-state index < -0.39 is 5.97 Å². The van der Waals surface area contributed by atoms with Crippen LogP contribution in [0, 0.1) is 6.92 Å². The number of carboxylic acids is 1. The second kappa shape index (κ2) is 6.54. The average molecular weight is 269 g/mol. The SMILES string of the molecule is CCC(C)N(CCC(=O)O)C(=O)c1ccc(C)s1. The number of carbonyl (C=O) groups is 2. The third-order valence-electron chi connectivity index (χ3n) is 2.90. The topological polar surface area (TPSA) is 57.6 Å². The molecule has 0 bridgehead atoms. The Morgan fingerprint density at radius 1 is 1.44 bits per heavy atom. The summed E-state index contributed by atoms with van der Waals surface area (Å²) in [6, 6.07) is 3.77. The minimum absolute atomic E-state index is 0.0135. The van der Waals surface area contributed by atoms with Gasteiger partial charge in [0.1, 0.15) is 0 Å². The highest BCUT2D eigenvalue weighted by molar-refractivity contribution is 7.13. The van der Waals surface area contributed by atoms with Gasteiger partial charge in [-0.25, -0.2) is 0 Å². The Hall–Kier alpha value is -1.36. The predicted molar refractivity (Wildman–Crippen MR) is 72.1 cm³/mol. The van der Waals surface area contributed by atoms with Gasteiger partial charge < -0.3 is 10.0 Å². The lowest BCUT2D eigenvalue weighted by atomic mass is 10.2. The van der Waals surface area contributed by atoms with Crippen molar-refractivity contribution in [3.8, 4) is 0 Å². The first kappa shape index (κ1) is 14.7. The molecule has 0 fully saturated rings. The predicted octanol–water partition coefficient (Wildman–Crippen LogP) is 2.77. The van der Waals surface area contributed by atoms with Gasteiger partial charge >= 0.3 is 5.97 Å². The molecule has 1 amide bonds. The lowest BCUT2D eigenvalue weighted by molar-refractivity contribution is -0.137. The van der Waals surface area contributed by atoms with E-state index >= 15 is 0 Å². The second-order valence-corrected chi connectivity index (χ2v) is 5.60. The standard InChI is InChI=1S/C13H19NO3S/c1-4-9(2)14(8-7-12(15)16)13(17)11-6-5-10(3)18-11/h5-6,9H,4,7-8H2,1-3H3,(H,15,16). The third-order valence-corrected chi connectivity index (χ3v) is 3.89. The number of nitrogens with zero attached hydrogens (tertiary/aromatic N) is 1. The molecular formula is C13H19NO3S. The first-order valence-electron chi connectivity index (χ1n) is 6.05. The third kappa shape index (κ3) is 3.84. The summed E-state index contributed by atoms with van der Waals surface area (Å²) in [5.74, 6) is -0.942. The van der Waals surface area contributed by atoms with Crippen molar-refractivity contribution >= 4 is 23.2 Å². The Labute approximate surface area is 111 Å². The van der Waals surface area contributed by atoms with Crippen molar-refractivity contribution in [1.29, 1.82) is 0 Å². The molecule has 0 aliphatic heterocycles. The lowest BCUT2D eigenvalue weighted by Crippen LogP contribution is -2.39. The largest absolute Gasteiger partial charge is 0.481 e. The van der Waals surface area contributed by atoms with Gasteiger partial charge in [-0.05, 0) is 32.4 Å². The normalized spacial score (nSPS) is 12.2. The van der Waals surface area contributed by atoms with Crippen molar-refractivity contribution in [2.75, 3.05) is 6.54 Å². The van der Waals surface area contributed by atoms with Gasteiger partial charge in [-0.2, -0.15) is 0 Å². The van der Waals surface area contributed by atoms with Crippen molar-refractivity contribution in [2.45, 2.75) is 39.7 Å². The van der Waals surface area contributed by atoms with Crippen molar-refractivity contribution < 1.29 is 14.7 Å². The van der Waals surface area contributed by atoms with Crippen LogP contribution in [-0.4, -0.2) is 34.5 Å². The highest BCUT2D eigenvalue weighted by Gasteiger charge is 2.22. The van der Waals surface area contributed by atoms with E-state index in [0.717, 1.165) is 11.3 Å². The van der Waals surface area contributed by atoms with Crippen molar-refractivity contribution in [1.82, 2.24) is 4.90 Å². The number of thiophene rings is 1. The number of aliphatic carboxylic acids is 1. The summed E-state index contributed by atoms with van der Waals surface area (Å²) in [7, 11) is 0. The van der Waals surface area contributed by atoms with Crippen LogP contribution in [0.4, 0.5) is 0 Å². The number of amides is 1. The number of rotatable bonds is 6. The summed E-state index contributed by atoms with van der Waals surface area (Å²) in [5, 5.41) is 8.74. The maximum atomic E-state index is 12.3. The number of aryl methyl sites for hydroxylation is 1. The van der Waals surface area contributed by atoms with Crippen molar-refractivity contribution in [2.24, 2.45) is 0 Å². The molecule has 1 unspecified atom stereocenters. The molecule has 0 saturated heterocycles. The van der Waals surface area contributed by atoms with Crippen LogP contribution in [0.15, 0.2) is 12.1 Å². The lowest BCUT2D eigenvalue weighted by Gasteiger charge is -2.27. The molecule has 1 rings (SSSR count). The molecule has 0 aromatic carbocycles. The molecule has 0 aliphatic carbocycles. The summed E-state index contributed by atoms with van der Waals surface area (Å²) in [5.41, 5.74) is 0. The fourth-order valence-electron chi connectivity index (χ4n) is 1.65. The molecular weight excluding hydrogens is 250 g/mol. The van der Waals surface area contributed by atoms with Gasteiger partial charge in [0.15, 0.2) is 0 Å². The van der Waals surface area contributed by atoms with E-state index in [2.05, 4.69) is 0 Å². The molecule has 5 heteroatoms. The number of hydrogen-bond donors (Lipinski definition) is 1. The molecule has 0 saturated carbocycles. The molecule has 1 N–H and O–H groups in total. The van der Waals surface area contributed by atoms with E-state index in [1.54, 1.807) is 11.0 Å². The van der Waals surface area contributed by atoms with Crippen LogP contribution < -0.4 is 0 Å². The molecule has 18 heavy (non-hydrogen) atoms. The number of hydrogen-bond acceptors (Lipinski definition) is 3. The molecule has 100 valence electrons. The molecule has 0 spiro atoms. The van der Waals surface area contributed by atoms with Gasteiger partial charge in [-0.15, -0.1) is 11.3 Å². The Bertz CT molecular complexity index is 428. The van der Waals surface area contributed by atoms with E-state index in [0.29, 0.717) is 4.88 Å². The van der Waals surface area contributed by atoms with E-state index in [4.69, 9.17) is 5.11 Å². The van der Waals surface area contributed by atoms with Crippen molar-refractivity contribution in [3.05, 3.63) is 21.9 Å². The van der Waals surface area contributed by atoms with Crippen LogP contribution in [0.25, 0.3) is 0 Å². The molecule has 0 radical (unpaired) electrons. The highest BCUT2D eigenvalue weighted by atomic mass is 32.1. The summed E-state index contributed by atoms with van der Waals surface area (Å²) >= 11 is 1.45. The molecule has 1 aromatic rings. The molecule has 1 heterocycles. The monoisotopic (exact) mass is 269 g/mol. The van der Waals surface area contributed by atoms with Crippen LogP contribution >= 0.6 is 11.3 Å². The maximum Gasteiger partial charge on any atom is 0.305 e. The van der Waals surface area contributed by atoms with E-state index in [1.165, 1.54) is 11.3 Å². The quantitative estimate of drug-likeness (QED) is 0.864. The van der Waals surface area contributed by atoms with Crippen LogP contribution in [0.5, 0.6) is 0 Å². The Balaban J connectivity index is 2.81. The zero-order valence-corrected chi connectivity index (χ0v) is 11.8. The van der Waals surface area contributed by atoms with E-state index in [1.807, 2.05) is 26.8 Å². The molecule has 4 nitrogen and oxygen atoms in total. The summed E-state index contributed by atoms with van der Waals surface area (Å²) in [6.07, 6.45) is 0.802. The molecule has 1 aromatic heterocycles. The minimum Gasteiger partial charge on any atom is -0.481 e. The van der Waals surface area contributed by atoms with Gasteiger partial charge in [0.25, 0.3) is 5.91 Å². The average Bonchev–Trinajstić information content (AvgIpc) is 2.75. The Morgan fingerprint density at radius 3 is 2.56 bits per heavy atom. The van der Waals surface area contributed by atoms with E-state index in [9.17, 15) is 9.59 Å². The van der Waals surface area contributed by atoms with Crippen molar-refractivity contribution in [3.63, 3.8) is 0 Å². The molecule has 0 aliphatic rings. The first-order valence-corrected chi connectivity index (χ1v) is 6.86. The Kier molecular flexibility index (Phi) is 5.34. The highest BCUT2D eigenvalue weighted by Crippen LogP contribution is 2.19. The smallest absolute Gasteiger partial charge is 0.305 e. The van der Waals surface area contributed by atoms with Crippen LogP contribution in [-0.2, 0) is 4.79 Å².